The Morgan fingerprint density at radius 2 is 1.85 bits per heavy atom. The first-order valence-corrected chi connectivity index (χ1v) is 18.3. The number of nitrogens with one attached hydrogen (secondary N) is 3. The van der Waals surface area contributed by atoms with Crippen molar-refractivity contribution in [1.82, 2.24) is 30.4 Å². The molecule has 17 heteroatoms. The zero-order chi connectivity index (χ0) is 38.0. The van der Waals surface area contributed by atoms with Crippen LogP contribution in [0.2, 0.25) is 0 Å². The van der Waals surface area contributed by atoms with E-state index in [2.05, 4.69) is 26.1 Å². The molecular formula is C35H48N6O10S. The van der Waals surface area contributed by atoms with E-state index in [1.54, 1.807) is 38.6 Å². The summed E-state index contributed by atoms with van der Waals surface area (Å²) < 4.78 is 44.9. The lowest BCUT2D eigenvalue weighted by atomic mass is 9.77. The molecule has 5 rings (SSSR count). The number of benzene rings is 1. The van der Waals surface area contributed by atoms with Crippen LogP contribution in [0.3, 0.4) is 0 Å². The number of methoxy groups -OCH3 is 1. The summed E-state index contributed by atoms with van der Waals surface area (Å²) in [6.07, 6.45) is 5.21. The maximum atomic E-state index is 14.0. The van der Waals surface area contributed by atoms with E-state index in [1.165, 1.54) is 11.2 Å². The largest absolute Gasteiger partial charge is 0.484 e. The minimum absolute atomic E-state index is 0.00741. The third-order valence-electron chi connectivity index (χ3n) is 8.43. The Hall–Kier alpha value is -4.87. The topological polar surface area (TPSA) is 219 Å². The second-order valence-electron chi connectivity index (χ2n) is 12.2. The van der Waals surface area contributed by atoms with E-state index in [-0.39, 0.29) is 92.8 Å². The van der Waals surface area contributed by atoms with Crippen molar-refractivity contribution in [2.24, 2.45) is 5.41 Å². The predicted molar refractivity (Wildman–Crippen MR) is 189 cm³/mol. The fourth-order valence-electron chi connectivity index (χ4n) is 5.74. The second kappa shape index (κ2) is 20.8. The van der Waals surface area contributed by atoms with Crippen molar-refractivity contribution in [3.8, 4) is 5.75 Å². The Balaban J connectivity index is 0.00000235. The first-order chi connectivity index (χ1) is 24.9. The molecule has 1 atom stereocenters. The number of carbonyl (C=O) groups is 4. The van der Waals surface area contributed by atoms with Crippen LogP contribution in [0.5, 0.6) is 5.75 Å². The molecule has 0 aliphatic carbocycles. The van der Waals surface area contributed by atoms with Gasteiger partial charge in [0.1, 0.15) is 16.3 Å². The van der Waals surface area contributed by atoms with E-state index in [0.29, 0.717) is 38.0 Å². The molecule has 4 N–H and O–H groups in total. The maximum absolute atomic E-state index is 14.0. The van der Waals surface area contributed by atoms with Gasteiger partial charge in [-0.1, -0.05) is 23.4 Å². The van der Waals surface area contributed by atoms with Crippen LogP contribution in [0.4, 0.5) is 0 Å². The van der Waals surface area contributed by atoms with Gasteiger partial charge in [0.15, 0.2) is 12.4 Å². The number of sulfonamides is 1. The first-order valence-electron chi connectivity index (χ1n) is 16.9. The summed E-state index contributed by atoms with van der Waals surface area (Å²) >= 11 is 0. The number of fused-ring (bicyclic) bond motifs is 17. The van der Waals surface area contributed by atoms with E-state index in [0.717, 1.165) is 11.1 Å². The fourth-order valence-corrected chi connectivity index (χ4v) is 7.55. The lowest BCUT2D eigenvalue weighted by molar-refractivity contribution is -0.133. The highest BCUT2D eigenvalue weighted by molar-refractivity contribution is 7.89. The summed E-state index contributed by atoms with van der Waals surface area (Å²) in [6.45, 7) is 3.67. The molecule has 0 radical (unpaired) electrons. The fraction of sp³-hybridized carbons (Fsp3) is 0.486. The third-order valence-corrected chi connectivity index (χ3v) is 10.6. The minimum Gasteiger partial charge on any atom is -0.484 e. The number of carbonyl (C=O) groups excluding carboxylic acids is 3. The standard InChI is InChI=1S/C34H46N6O8S.CH2O2/c1-25-32(26(2)48-39-25)49(44,45)40-18-5-8-30(41)38-24-34(14-20-46-3,33(43)37-17-13-28-7-4-15-35-22-28)21-27-9-11-29(12-10-27)47-23-31(42)36-16-6-19-40;2-1-3/h4,7,9-12,15,22H,5-6,8,13-14,16-21,23-24H2,1-3H3,(H,36,42)(H,37,43)(H,38,41);1H,(H,2,3). The van der Waals surface area contributed by atoms with Crippen molar-refractivity contribution in [1.29, 1.82) is 0 Å². The van der Waals surface area contributed by atoms with Gasteiger partial charge in [-0.15, -0.1) is 0 Å². The number of nitrogens with zero attached hydrogens (tertiary/aromatic N) is 3. The molecule has 1 aromatic carbocycles. The number of hydrogen-bond acceptors (Lipinski definition) is 11. The number of amides is 3. The lowest BCUT2D eigenvalue weighted by Gasteiger charge is -2.33. The smallest absolute Gasteiger partial charge is 0.290 e. The summed E-state index contributed by atoms with van der Waals surface area (Å²) in [5.41, 5.74) is 0.987. The summed E-state index contributed by atoms with van der Waals surface area (Å²) in [5, 5.41) is 19.5. The minimum atomic E-state index is -4.01. The molecule has 2 aliphatic heterocycles. The Labute approximate surface area is 303 Å². The monoisotopic (exact) mass is 744 g/mol. The van der Waals surface area contributed by atoms with Gasteiger partial charge in [-0.3, -0.25) is 24.2 Å². The Bertz CT molecular complexity index is 1680. The van der Waals surface area contributed by atoms with Crippen LogP contribution in [0, 0.1) is 19.3 Å². The number of aryl methyl sites for hydroxylation is 2. The Morgan fingerprint density at radius 1 is 1.12 bits per heavy atom. The normalized spacial score (nSPS) is 18.1. The first kappa shape index (κ1) is 41.5. The summed E-state index contributed by atoms with van der Waals surface area (Å²) in [4.78, 5) is 52.2. The van der Waals surface area contributed by atoms with Gasteiger partial charge in [-0.2, -0.15) is 4.31 Å². The molecule has 2 bridgehead atoms. The molecule has 3 amide bonds. The van der Waals surface area contributed by atoms with Crippen molar-refractivity contribution in [2.75, 3.05) is 53.0 Å². The lowest BCUT2D eigenvalue weighted by Crippen LogP contribution is -2.51. The molecule has 52 heavy (non-hydrogen) atoms. The highest BCUT2D eigenvalue weighted by Gasteiger charge is 2.39. The van der Waals surface area contributed by atoms with Crippen molar-refractivity contribution in [3.63, 3.8) is 0 Å². The van der Waals surface area contributed by atoms with Crippen LogP contribution in [-0.2, 0) is 46.8 Å². The second-order valence-corrected chi connectivity index (χ2v) is 14.1. The Morgan fingerprint density at radius 3 is 2.50 bits per heavy atom. The van der Waals surface area contributed by atoms with Gasteiger partial charge in [0.25, 0.3) is 12.4 Å². The van der Waals surface area contributed by atoms with Crippen LogP contribution in [-0.4, -0.2) is 105 Å². The van der Waals surface area contributed by atoms with Crippen LogP contribution in [0.1, 0.15) is 48.3 Å². The number of carboxylic acid groups (broad SMARTS) is 1. The third kappa shape index (κ3) is 12.4. The molecule has 0 fully saturated rings. The van der Waals surface area contributed by atoms with Crippen LogP contribution in [0.25, 0.3) is 0 Å². The van der Waals surface area contributed by atoms with Crippen molar-refractivity contribution in [2.45, 2.75) is 57.3 Å². The summed E-state index contributed by atoms with van der Waals surface area (Å²) in [7, 11) is -2.45. The molecule has 4 heterocycles. The van der Waals surface area contributed by atoms with Crippen molar-refractivity contribution >= 4 is 34.2 Å². The average molecular weight is 745 g/mol. The van der Waals surface area contributed by atoms with Gasteiger partial charge < -0.3 is 35.1 Å². The molecule has 0 saturated carbocycles. The van der Waals surface area contributed by atoms with Crippen LogP contribution in [0.15, 0.2) is 58.2 Å². The average Bonchev–Trinajstić information content (AvgIpc) is 3.48. The zero-order valence-electron chi connectivity index (χ0n) is 29.8. The molecule has 0 saturated heterocycles. The summed E-state index contributed by atoms with van der Waals surface area (Å²) in [6, 6.07) is 10.9. The number of rotatable bonds is 9. The SMILES string of the molecule is COCCC1(C(=O)NCCc2cccnc2)CNC(=O)CCCN(S(=O)(=O)c2c(C)noc2C)CCCNC(=O)COc2ccc(cc2)C1.O=CO. The molecular weight excluding hydrogens is 696 g/mol. The maximum Gasteiger partial charge on any atom is 0.290 e. The van der Waals surface area contributed by atoms with E-state index < -0.39 is 15.4 Å². The van der Waals surface area contributed by atoms with E-state index in [9.17, 15) is 22.8 Å². The molecule has 3 aromatic rings. The molecule has 0 spiro atoms. The summed E-state index contributed by atoms with van der Waals surface area (Å²) in [5.74, 6) is -0.251. The predicted octanol–water partition coefficient (Wildman–Crippen LogP) is 1.80. The van der Waals surface area contributed by atoms with Gasteiger partial charge in [0.05, 0.1) is 5.41 Å². The molecule has 284 valence electrons. The van der Waals surface area contributed by atoms with Crippen LogP contribution >= 0.6 is 0 Å². The Kier molecular flexibility index (Phi) is 16.7. The quantitative estimate of drug-likeness (QED) is 0.231. The van der Waals surface area contributed by atoms with Gasteiger partial charge in [0.2, 0.25) is 21.8 Å². The molecule has 1 unspecified atom stereocenters. The molecule has 16 nitrogen and oxygen atoms in total. The zero-order valence-corrected chi connectivity index (χ0v) is 30.6. The van der Waals surface area contributed by atoms with Gasteiger partial charge in [0, 0.05) is 65.3 Å². The van der Waals surface area contributed by atoms with Gasteiger partial charge in [-0.25, -0.2) is 8.42 Å². The van der Waals surface area contributed by atoms with E-state index in [4.69, 9.17) is 23.9 Å². The number of hydrogen-bond donors (Lipinski definition) is 4. The highest BCUT2D eigenvalue weighted by atomic mass is 32.2. The molecule has 2 aliphatic rings. The van der Waals surface area contributed by atoms with Gasteiger partial charge in [-0.05, 0) is 75.3 Å². The number of pyridine rings is 1. The van der Waals surface area contributed by atoms with Crippen molar-refractivity contribution < 1.29 is 46.7 Å². The van der Waals surface area contributed by atoms with Crippen LogP contribution < -0.4 is 20.7 Å². The van der Waals surface area contributed by atoms with E-state index in [1.807, 2.05) is 24.3 Å². The molecule has 2 aromatic heterocycles. The highest BCUT2D eigenvalue weighted by Crippen LogP contribution is 2.29. The van der Waals surface area contributed by atoms with Crippen molar-refractivity contribution in [3.05, 3.63) is 71.4 Å². The number of ether oxygens (including phenoxy) is 2. The number of aromatic nitrogens is 2. The van der Waals surface area contributed by atoms with Gasteiger partial charge >= 0.3 is 0 Å². The van der Waals surface area contributed by atoms with E-state index >= 15 is 0 Å².